The van der Waals surface area contributed by atoms with Crippen molar-refractivity contribution in [3.05, 3.63) is 95.0 Å². The first-order valence-electron chi connectivity index (χ1n) is 13.1. The highest BCUT2D eigenvalue weighted by molar-refractivity contribution is 7.92. The number of nitrogens with zero attached hydrogens (tertiary/aromatic N) is 2. The van der Waals surface area contributed by atoms with Gasteiger partial charge in [-0.25, -0.2) is 8.42 Å². The fraction of sp³-hybridized carbons (Fsp3) is 0.333. The van der Waals surface area contributed by atoms with E-state index in [1.807, 2.05) is 37.3 Å². The molecule has 0 aliphatic heterocycles. The number of nitrogens with one attached hydrogen (secondary N) is 1. The second kappa shape index (κ2) is 12.7. The molecule has 3 aromatic carbocycles. The van der Waals surface area contributed by atoms with Crippen molar-refractivity contribution in [2.24, 2.45) is 0 Å². The topological polar surface area (TPSA) is 86.8 Å². The summed E-state index contributed by atoms with van der Waals surface area (Å²) in [5.74, 6) is -0.723. The minimum atomic E-state index is -4.12. The summed E-state index contributed by atoms with van der Waals surface area (Å²) >= 11 is 6.00. The molecule has 1 fully saturated rings. The molecule has 3 aromatic rings. The van der Waals surface area contributed by atoms with E-state index in [1.165, 1.54) is 29.2 Å². The van der Waals surface area contributed by atoms with E-state index < -0.39 is 28.5 Å². The lowest BCUT2D eigenvalue weighted by Crippen LogP contribution is -2.52. The number of carbonyl (C=O) groups is 2. The number of benzene rings is 3. The number of hydrogen-bond donors (Lipinski definition) is 1. The van der Waals surface area contributed by atoms with Gasteiger partial charge in [0.05, 0.1) is 10.6 Å². The van der Waals surface area contributed by atoms with Crippen LogP contribution in [0.5, 0.6) is 0 Å². The molecule has 1 saturated carbocycles. The van der Waals surface area contributed by atoms with Crippen LogP contribution in [0.25, 0.3) is 0 Å². The molecule has 39 heavy (non-hydrogen) atoms. The van der Waals surface area contributed by atoms with Crippen molar-refractivity contribution in [1.82, 2.24) is 10.2 Å². The predicted octanol–water partition coefficient (Wildman–Crippen LogP) is 5.32. The highest BCUT2D eigenvalue weighted by atomic mass is 35.5. The van der Waals surface area contributed by atoms with Crippen molar-refractivity contribution >= 4 is 39.1 Å². The van der Waals surface area contributed by atoms with Crippen LogP contribution in [-0.4, -0.2) is 43.8 Å². The van der Waals surface area contributed by atoms with Crippen LogP contribution >= 0.6 is 11.6 Å². The van der Waals surface area contributed by atoms with E-state index in [1.54, 1.807) is 31.2 Å². The average Bonchev–Trinajstić information content (AvgIpc) is 3.44. The number of carbonyl (C=O) groups excluding carboxylic acids is 2. The molecule has 1 aliphatic rings. The van der Waals surface area contributed by atoms with Crippen LogP contribution in [0.4, 0.5) is 5.69 Å². The maximum absolute atomic E-state index is 13.9. The highest BCUT2D eigenvalue weighted by Gasteiger charge is 2.33. The molecule has 0 aromatic heterocycles. The Morgan fingerprint density at radius 3 is 2.18 bits per heavy atom. The third-order valence-electron chi connectivity index (χ3n) is 7.07. The predicted molar refractivity (Wildman–Crippen MR) is 154 cm³/mol. The molecule has 1 N–H and O–H groups in total. The van der Waals surface area contributed by atoms with E-state index in [0.29, 0.717) is 10.7 Å². The number of rotatable bonds is 10. The normalized spacial score (nSPS) is 14.5. The van der Waals surface area contributed by atoms with Gasteiger partial charge < -0.3 is 10.2 Å². The van der Waals surface area contributed by atoms with Crippen molar-refractivity contribution in [2.75, 3.05) is 10.8 Å². The van der Waals surface area contributed by atoms with Gasteiger partial charge in [0.2, 0.25) is 11.8 Å². The molecule has 0 unspecified atom stereocenters. The number of aryl methyl sites for hydroxylation is 1. The van der Waals surface area contributed by atoms with Crippen molar-refractivity contribution in [3.8, 4) is 0 Å². The van der Waals surface area contributed by atoms with Gasteiger partial charge in [0, 0.05) is 17.6 Å². The Hall–Kier alpha value is -3.36. The number of amides is 2. The maximum atomic E-state index is 13.9. The monoisotopic (exact) mass is 567 g/mol. The van der Waals surface area contributed by atoms with Crippen LogP contribution in [0, 0.1) is 6.92 Å². The van der Waals surface area contributed by atoms with Gasteiger partial charge in [-0.1, -0.05) is 72.5 Å². The van der Waals surface area contributed by atoms with Crippen LogP contribution in [0.2, 0.25) is 5.02 Å². The number of sulfonamides is 1. The fourth-order valence-electron chi connectivity index (χ4n) is 4.73. The molecule has 0 saturated heterocycles. The first-order valence-corrected chi connectivity index (χ1v) is 15.0. The van der Waals surface area contributed by atoms with Gasteiger partial charge in [0.15, 0.2) is 0 Å². The fourth-order valence-corrected chi connectivity index (χ4v) is 6.27. The van der Waals surface area contributed by atoms with E-state index in [9.17, 15) is 18.0 Å². The molecule has 1 aliphatic carbocycles. The Morgan fingerprint density at radius 2 is 1.56 bits per heavy atom. The lowest BCUT2D eigenvalue weighted by Gasteiger charge is -2.32. The van der Waals surface area contributed by atoms with Crippen molar-refractivity contribution in [3.63, 3.8) is 0 Å². The highest BCUT2D eigenvalue weighted by Crippen LogP contribution is 2.26. The third-order valence-corrected chi connectivity index (χ3v) is 9.11. The van der Waals surface area contributed by atoms with E-state index in [-0.39, 0.29) is 23.4 Å². The zero-order valence-corrected chi connectivity index (χ0v) is 23.8. The standard InChI is InChI=1S/C30H34ClN3O4S/c1-22-12-16-27(17-13-22)34(39(37,38)28-18-14-25(31)15-19-28)21-29(35)33(20-24-8-4-3-5-9-24)23(2)30(36)32-26-10-6-7-11-26/h3-5,8-9,12-19,23,26H,6-7,10-11,20-21H2,1-2H3,(H,32,36)/t23-/m1/s1. The van der Waals surface area contributed by atoms with Crippen LogP contribution in [-0.2, 0) is 26.2 Å². The molecule has 1 atom stereocenters. The molecule has 0 heterocycles. The minimum Gasteiger partial charge on any atom is -0.352 e. The van der Waals surface area contributed by atoms with E-state index >= 15 is 0 Å². The second-order valence-corrected chi connectivity index (χ2v) is 12.3. The summed E-state index contributed by atoms with van der Waals surface area (Å²) in [6, 6.07) is 21.5. The molecule has 0 spiro atoms. The summed E-state index contributed by atoms with van der Waals surface area (Å²) in [6.07, 6.45) is 3.98. The van der Waals surface area contributed by atoms with Crippen molar-refractivity contribution in [1.29, 1.82) is 0 Å². The van der Waals surface area contributed by atoms with Crippen LogP contribution in [0.3, 0.4) is 0 Å². The quantitative estimate of drug-likeness (QED) is 0.359. The summed E-state index contributed by atoms with van der Waals surface area (Å²) < 4.78 is 28.7. The Bertz CT molecular complexity index is 1370. The molecule has 2 amide bonds. The first kappa shape index (κ1) is 28.6. The van der Waals surface area contributed by atoms with Crippen LogP contribution in [0.1, 0.15) is 43.7 Å². The van der Waals surface area contributed by atoms with Crippen molar-refractivity contribution < 1.29 is 18.0 Å². The lowest BCUT2D eigenvalue weighted by molar-refractivity contribution is -0.139. The Labute approximate surface area is 235 Å². The molecule has 0 bridgehead atoms. The Kier molecular flexibility index (Phi) is 9.30. The third kappa shape index (κ3) is 7.19. The SMILES string of the molecule is Cc1ccc(N(CC(=O)N(Cc2ccccc2)[C@H](C)C(=O)NC2CCCC2)S(=O)(=O)c2ccc(Cl)cc2)cc1. The number of halogens is 1. The molecule has 0 radical (unpaired) electrons. The van der Waals surface area contributed by atoms with Crippen molar-refractivity contribution in [2.45, 2.75) is 63.1 Å². The smallest absolute Gasteiger partial charge is 0.264 e. The summed E-state index contributed by atoms with van der Waals surface area (Å²) in [6.45, 7) is 3.29. The summed E-state index contributed by atoms with van der Waals surface area (Å²) in [5.41, 5.74) is 2.15. The van der Waals surface area contributed by atoms with Gasteiger partial charge in [0.1, 0.15) is 12.6 Å². The maximum Gasteiger partial charge on any atom is 0.264 e. The van der Waals surface area contributed by atoms with Crippen LogP contribution < -0.4 is 9.62 Å². The molecule has 7 nitrogen and oxygen atoms in total. The molecule has 4 rings (SSSR count). The summed E-state index contributed by atoms with van der Waals surface area (Å²) in [7, 11) is -4.12. The van der Waals surface area contributed by atoms with Gasteiger partial charge in [-0.3, -0.25) is 13.9 Å². The Balaban J connectivity index is 1.66. The molecular formula is C30H34ClN3O4S. The molecule has 9 heteroatoms. The van der Waals surface area contributed by atoms with Gasteiger partial charge in [-0.15, -0.1) is 0 Å². The van der Waals surface area contributed by atoms with Crippen LogP contribution in [0.15, 0.2) is 83.8 Å². The van der Waals surface area contributed by atoms with Gasteiger partial charge in [-0.2, -0.15) is 0 Å². The Morgan fingerprint density at radius 1 is 0.949 bits per heavy atom. The van der Waals surface area contributed by atoms with Gasteiger partial charge in [-0.05, 0) is 68.7 Å². The second-order valence-electron chi connectivity index (χ2n) is 9.97. The zero-order chi connectivity index (χ0) is 28.0. The summed E-state index contributed by atoms with van der Waals surface area (Å²) in [4.78, 5) is 28.6. The van der Waals surface area contributed by atoms with E-state index in [0.717, 1.165) is 41.1 Å². The lowest BCUT2D eigenvalue weighted by atomic mass is 10.1. The zero-order valence-electron chi connectivity index (χ0n) is 22.2. The van der Waals surface area contributed by atoms with E-state index in [2.05, 4.69) is 5.32 Å². The number of anilines is 1. The van der Waals surface area contributed by atoms with Gasteiger partial charge >= 0.3 is 0 Å². The first-order chi connectivity index (χ1) is 18.6. The minimum absolute atomic E-state index is 0.0157. The van der Waals surface area contributed by atoms with E-state index in [4.69, 9.17) is 11.6 Å². The molecular weight excluding hydrogens is 534 g/mol. The summed E-state index contributed by atoms with van der Waals surface area (Å²) in [5, 5.41) is 3.48. The molecule has 206 valence electrons. The number of hydrogen-bond acceptors (Lipinski definition) is 4. The van der Waals surface area contributed by atoms with Gasteiger partial charge in [0.25, 0.3) is 10.0 Å². The average molecular weight is 568 g/mol. The largest absolute Gasteiger partial charge is 0.352 e.